The van der Waals surface area contributed by atoms with E-state index in [1.807, 2.05) is 44.3 Å². The van der Waals surface area contributed by atoms with Crippen LogP contribution < -0.4 is 20.1 Å². The lowest BCUT2D eigenvalue weighted by molar-refractivity contribution is 0.311. The first-order chi connectivity index (χ1) is 14.2. The highest BCUT2D eigenvalue weighted by atomic mass is 16.5. The zero-order valence-electron chi connectivity index (χ0n) is 17.2. The first-order valence-corrected chi connectivity index (χ1v) is 9.94. The fraction of sp³-hybridized carbons (Fsp3) is 0.304. The molecule has 3 rings (SSSR count). The highest BCUT2D eigenvalue weighted by molar-refractivity contribution is 5.94. The summed E-state index contributed by atoms with van der Waals surface area (Å²) in [5.74, 6) is 2.15. The van der Waals surface area contributed by atoms with E-state index in [0.717, 1.165) is 35.5 Å². The van der Waals surface area contributed by atoms with Gasteiger partial charge in [-0.05, 0) is 44.0 Å². The van der Waals surface area contributed by atoms with Crippen molar-refractivity contribution in [1.29, 1.82) is 0 Å². The number of nitrogens with zero attached hydrogens (tertiary/aromatic N) is 2. The number of anilines is 1. The van der Waals surface area contributed by atoms with Crippen molar-refractivity contribution in [2.45, 2.75) is 20.3 Å². The fourth-order valence-corrected chi connectivity index (χ4v) is 3.12. The molecule has 29 heavy (non-hydrogen) atoms. The Bertz CT molecular complexity index is 967. The predicted molar refractivity (Wildman–Crippen MR) is 119 cm³/mol. The van der Waals surface area contributed by atoms with E-state index < -0.39 is 0 Å². The van der Waals surface area contributed by atoms with Crippen molar-refractivity contribution in [3.05, 3.63) is 60.3 Å². The lowest BCUT2D eigenvalue weighted by atomic mass is 10.1. The van der Waals surface area contributed by atoms with Gasteiger partial charge in [-0.2, -0.15) is 0 Å². The maximum Gasteiger partial charge on any atom is 0.195 e. The summed E-state index contributed by atoms with van der Waals surface area (Å²) in [6.45, 7) is 6.00. The molecule has 0 aliphatic rings. The minimum atomic E-state index is 0.576. The summed E-state index contributed by atoms with van der Waals surface area (Å²) in [4.78, 5) is 9.24. The molecule has 2 N–H and O–H groups in total. The lowest BCUT2D eigenvalue weighted by Crippen LogP contribution is -2.30. The third-order valence-electron chi connectivity index (χ3n) is 4.44. The van der Waals surface area contributed by atoms with Gasteiger partial charge in [-0.25, -0.2) is 0 Å². The normalized spacial score (nSPS) is 11.3. The highest BCUT2D eigenvalue weighted by Gasteiger charge is 2.07. The molecule has 0 amide bonds. The van der Waals surface area contributed by atoms with Crippen LogP contribution in [0.3, 0.4) is 0 Å². The molecule has 152 valence electrons. The number of fused-ring (bicyclic) bond motifs is 1. The van der Waals surface area contributed by atoms with Gasteiger partial charge in [0.1, 0.15) is 0 Å². The van der Waals surface area contributed by atoms with Gasteiger partial charge in [-0.3, -0.25) is 9.98 Å². The van der Waals surface area contributed by atoms with Crippen LogP contribution in [0.15, 0.2) is 59.7 Å². The van der Waals surface area contributed by atoms with Gasteiger partial charge in [-0.15, -0.1) is 0 Å². The Labute approximate surface area is 172 Å². The van der Waals surface area contributed by atoms with Crippen LogP contribution in [0, 0.1) is 0 Å². The molecule has 0 saturated carbocycles. The molecule has 0 atom stereocenters. The molecule has 0 unspecified atom stereocenters. The quantitative estimate of drug-likeness (QED) is 0.443. The number of rotatable bonds is 8. The molecule has 2 aromatic carbocycles. The Hall–Kier alpha value is -3.28. The number of para-hydroxylation sites is 1. The monoisotopic (exact) mass is 392 g/mol. The summed E-state index contributed by atoms with van der Waals surface area (Å²) in [5, 5.41) is 7.78. The Morgan fingerprint density at radius 1 is 1.07 bits per heavy atom. The van der Waals surface area contributed by atoms with E-state index >= 15 is 0 Å². The molecule has 0 radical (unpaired) electrons. The van der Waals surface area contributed by atoms with Crippen molar-refractivity contribution in [2.75, 3.05) is 32.1 Å². The SMILES string of the molecule is CCNC(=NCCc1cccc2cccnc12)Nc1ccc(OC)c(OCC)c1. The fourth-order valence-electron chi connectivity index (χ4n) is 3.12. The lowest BCUT2D eigenvalue weighted by Gasteiger charge is -2.14. The molecule has 0 saturated heterocycles. The Balaban J connectivity index is 1.72. The number of aromatic nitrogens is 1. The van der Waals surface area contributed by atoms with Crippen LogP contribution in [-0.2, 0) is 6.42 Å². The smallest absolute Gasteiger partial charge is 0.195 e. The van der Waals surface area contributed by atoms with Crippen molar-refractivity contribution in [2.24, 2.45) is 4.99 Å². The van der Waals surface area contributed by atoms with Crippen molar-refractivity contribution in [1.82, 2.24) is 10.3 Å². The van der Waals surface area contributed by atoms with Gasteiger partial charge in [0.05, 0.1) is 19.2 Å². The molecule has 0 aliphatic carbocycles. The van der Waals surface area contributed by atoms with Crippen LogP contribution in [-0.4, -0.2) is 37.7 Å². The van der Waals surface area contributed by atoms with Gasteiger partial charge in [0, 0.05) is 36.4 Å². The van der Waals surface area contributed by atoms with Crippen molar-refractivity contribution in [3.8, 4) is 11.5 Å². The van der Waals surface area contributed by atoms with Gasteiger partial charge in [0.2, 0.25) is 0 Å². The number of methoxy groups -OCH3 is 1. The second-order valence-corrected chi connectivity index (χ2v) is 6.43. The zero-order valence-corrected chi connectivity index (χ0v) is 17.2. The van der Waals surface area contributed by atoms with E-state index in [1.54, 1.807) is 7.11 Å². The second kappa shape index (κ2) is 10.3. The van der Waals surface area contributed by atoms with E-state index in [0.29, 0.717) is 24.7 Å². The Morgan fingerprint density at radius 3 is 2.72 bits per heavy atom. The van der Waals surface area contributed by atoms with Gasteiger partial charge in [0.15, 0.2) is 17.5 Å². The number of hydrogen-bond donors (Lipinski definition) is 2. The Morgan fingerprint density at radius 2 is 1.93 bits per heavy atom. The van der Waals surface area contributed by atoms with Gasteiger partial charge in [0.25, 0.3) is 0 Å². The molecule has 0 bridgehead atoms. The first-order valence-electron chi connectivity index (χ1n) is 9.94. The van der Waals surface area contributed by atoms with Crippen LogP contribution >= 0.6 is 0 Å². The molecular weight excluding hydrogens is 364 g/mol. The average Bonchev–Trinajstić information content (AvgIpc) is 2.74. The summed E-state index contributed by atoms with van der Waals surface area (Å²) < 4.78 is 11.0. The van der Waals surface area contributed by atoms with E-state index in [9.17, 15) is 0 Å². The zero-order chi connectivity index (χ0) is 20.5. The molecule has 6 nitrogen and oxygen atoms in total. The minimum Gasteiger partial charge on any atom is -0.493 e. The van der Waals surface area contributed by atoms with Crippen LogP contribution in [0.2, 0.25) is 0 Å². The van der Waals surface area contributed by atoms with Crippen LogP contribution in [0.25, 0.3) is 10.9 Å². The van der Waals surface area contributed by atoms with E-state index in [1.165, 1.54) is 5.56 Å². The molecule has 1 aromatic heterocycles. The maximum absolute atomic E-state index is 5.66. The number of benzene rings is 2. The molecule has 0 aliphatic heterocycles. The summed E-state index contributed by atoms with van der Waals surface area (Å²) in [5.41, 5.74) is 3.13. The predicted octanol–water partition coefficient (Wildman–Crippen LogP) is 4.26. The van der Waals surface area contributed by atoms with Crippen molar-refractivity contribution >= 4 is 22.5 Å². The number of pyridine rings is 1. The summed E-state index contributed by atoms with van der Waals surface area (Å²) in [6, 6.07) is 16.1. The number of aliphatic imine (C=N–C) groups is 1. The van der Waals surface area contributed by atoms with Crippen LogP contribution in [0.1, 0.15) is 19.4 Å². The minimum absolute atomic E-state index is 0.576. The second-order valence-electron chi connectivity index (χ2n) is 6.43. The molecule has 1 heterocycles. The average molecular weight is 393 g/mol. The molecular formula is C23H28N4O2. The number of ether oxygens (including phenoxy) is 2. The summed E-state index contributed by atoms with van der Waals surface area (Å²) >= 11 is 0. The van der Waals surface area contributed by atoms with Gasteiger partial charge in [-0.1, -0.05) is 24.3 Å². The molecule has 0 spiro atoms. The van der Waals surface area contributed by atoms with Crippen LogP contribution in [0.5, 0.6) is 11.5 Å². The maximum atomic E-state index is 5.66. The van der Waals surface area contributed by atoms with Crippen LogP contribution in [0.4, 0.5) is 5.69 Å². The van der Waals surface area contributed by atoms with E-state index in [-0.39, 0.29) is 0 Å². The Kier molecular flexibility index (Phi) is 7.28. The van der Waals surface area contributed by atoms with E-state index in [4.69, 9.17) is 14.5 Å². The highest BCUT2D eigenvalue weighted by Crippen LogP contribution is 2.30. The molecule has 0 fully saturated rings. The standard InChI is InChI=1S/C23H28N4O2/c1-4-24-23(27-19-11-12-20(28-3)21(16-19)29-5-2)26-15-13-18-9-6-8-17-10-7-14-25-22(17)18/h6-12,14,16H,4-5,13,15H2,1-3H3,(H2,24,26,27). The van der Waals surface area contributed by atoms with Crippen molar-refractivity contribution in [3.63, 3.8) is 0 Å². The van der Waals surface area contributed by atoms with Gasteiger partial charge >= 0.3 is 0 Å². The van der Waals surface area contributed by atoms with Crippen molar-refractivity contribution < 1.29 is 9.47 Å². The third kappa shape index (κ3) is 5.38. The summed E-state index contributed by atoms with van der Waals surface area (Å²) in [6.07, 6.45) is 2.65. The first kappa shape index (κ1) is 20.5. The molecule has 3 aromatic rings. The van der Waals surface area contributed by atoms with Gasteiger partial charge < -0.3 is 20.1 Å². The topological polar surface area (TPSA) is 67.8 Å². The molecule has 6 heteroatoms. The number of nitrogens with one attached hydrogen (secondary N) is 2. The largest absolute Gasteiger partial charge is 0.493 e. The number of guanidine groups is 1. The van der Waals surface area contributed by atoms with E-state index in [2.05, 4.69) is 39.9 Å². The number of hydrogen-bond acceptors (Lipinski definition) is 4. The third-order valence-corrected chi connectivity index (χ3v) is 4.44. The summed E-state index contributed by atoms with van der Waals surface area (Å²) in [7, 11) is 1.64.